The van der Waals surface area contributed by atoms with E-state index in [0.717, 1.165) is 5.76 Å². The van der Waals surface area contributed by atoms with Crippen LogP contribution in [-0.2, 0) is 9.53 Å². The van der Waals surface area contributed by atoms with Gasteiger partial charge in [0.2, 0.25) is 0 Å². The Labute approximate surface area is 60.9 Å². The average Bonchev–Trinajstić information content (AvgIpc) is 2.10. The molecule has 0 saturated heterocycles. The van der Waals surface area contributed by atoms with Crippen LogP contribution in [0.2, 0.25) is 0 Å². The second-order valence-corrected chi connectivity index (χ2v) is 2.74. The number of ether oxygens (including phenoxy) is 1. The van der Waals surface area contributed by atoms with Crippen LogP contribution in [0.4, 0.5) is 0 Å². The van der Waals surface area contributed by atoms with Gasteiger partial charge in [-0.1, -0.05) is 0 Å². The van der Waals surface area contributed by atoms with E-state index in [-0.39, 0.29) is 17.8 Å². The molecule has 0 fully saturated rings. The first-order valence-electron chi connectivity index (χ1n) is 3.47. The SMILES string of the molecule is CC(=O)[C@H]1C=C(C)O[C@@H]1C. The fraction of sp³-hybridized carbons (Fsp3) is 0.625. The molecule has 0 unspecified atom stereocenters. The first-order chi connectivity index (χ1) is 4.61. The highest BCUT2D eigenvalue weighted by atomic mass is 16.5. The highest BCUT2D eigenvalue weighted by Crippen LogP contribution is 2.22. The lowest BCUT2D eigenvalue weighted by Crippen LogP contribution is -2.18. The molecule has 2 nitrogen and oxygen atoms in total. The number of carbonyl (C=O) groups is 1. The molecule has 0 aromatic heterocycles. The van der Waals surface area contributed by atoms with Gasteiger partial charge in [0.15, 0.2) is 0 Å². The van der Waals surface area contributed by atoms with Crippen molar-refractivity contribution in [3.63, 3.8) is 0 Å². The van der Waals surface area contributed by atoms with Gasteiger partial charge in [0, 0.05) is 0 Å². The Morgan fingerprint density at radius 3 is 2.50 bits per heavy atom. The predicted molar refractivity (Wildman–Crippen MR) is 38.5 cm³/mol. The van der Waals surface area contributed by atoms with Crippen LogP contribution in [0.5, 0.6) is 0 Å². The minimum absolute atomic E-state index is 0.0139. The van der Waals surface area contributed by atoms with Crippen LogP contribution in [0.15, 0.2) is 11.8 Å². The molecule has 56 valence electrons. The zero-order valence-electron chi connectivity index (χ0n) is 6.55. The third-order valence-electron chi connectivity index (χ3n) is 1.76. The maximum atomic E-state index is 10.9. The molecule has 1 aliphatic rings. The Kier molecular flexibility index (Phi) is 1.79. The van der Waals surface area contributed by atoms with Gasteiger partial charge in [0.1, 0.15) is 11.9 Å². The monoisotopic (exact) mass is 140 g/mol. The molecule has 2 atom stereocenters. The molecule has 1 rings (SSSR count). The summed E-state index contributed by atoms with van der Waals surface area (Å²) in [5.41, 5.74) is 0. The summed E-state index contributed by atoms with van der Waals surface area (Å²) in [5, 5.41) is 0. The molecular formula is C8H12O2. The molecular weight excluding hydrogens is 128 g/mol. The molecule has 0 amide bonds. The van der Waals surface area contributed by atoms with Crippen LogP contribution in [0.25, 0.3) is 0 Å². The highest BCUT2D eigenvalue weighted by Gasteiger charge is 2.26. The molecule has 0 saturated carbocycles. The lowest BCUT2D eigenvalue weighted by Gasteiger charge is -2.10. The number of hydrogen-bond acceptors (Lipinski definition) is 2. The lowest BCUT2D eigenvalue weighted by molar-refractivity contribution is -0.121. The molecule has 0 N–H and O–H groups in total. The minimum atomic E-state index is -0.0139. The summed E-state index contributed by atoms with van der Waals surface area (Å²) in [6.45, 7) is 5.39. The van der Waals surface area contributed by atoms with Crippen molar-refractivity contribution < 1.29 is 9.53 Å². The molecule has 0 radical (unpaired) electrons. The van der Waals surface area contributed by atoms with Crippen molar-refractivity contribution in [3.05, 3.63) is 11.8 Å². The highest BCUT2D eigenvalue weighted by molar-refractivity contribution is 5.81. The van der Waals surface area contributed by atoms with Crippen molar-refractivity contribution >= 4 is 5.78 Å². The molecule has 0 aliphatic carbocycles. The average molecular weight is 140 g/mol. The van der Waals surface area contributed by atoms with Crippen molar-refractivity contribution in [1.29, 1.82) is 0 Å². The largest absolute Gasteiger partial charge is 0.495 e. The Morgan fingerprint density at radius 2 is 2.30 bits per heavy atom. The predicted octanol–water partition coefficient (Wildman–Crippen LogP) is 1.51. The van der Waals surface area contributed by atoms with Crippen molar-refractivity contribution in [2.75, 3.05) is 0 Å². The number of carbonyl (C=O) groups excluding carboxylic acids is 1. The van der Waals surface area contributed by atoms with E-state index in [9.17, 15) is 4.79 Å². The second-order valence-electron chi connectivity index (χ2n) is 2.74. The van der Waals surface area contributed by atoms with E-state index >= 15 is 0 Å². The van der Waals surface area contributed by atoms with Crippen LogP contribution in [0, 0.1) is 5.92 Å². The summed E-state index contributed by atoms with van der Waals surface area (Å²) < 4.78 is 5.28. The van der Waals surface area contributed by atoms with Crippen LogP contribution in [0.3, 0.4) is 0 Å². The van der Waals surface area contributed by atoms with Gasteiger partial charge >= 0.3 is 0 Å². The molecule has 0 aromatic rings. The van der Waals surface area contributed by atoms with Crippen molar-refractivity contribution in [2.45, 2.75) is 26.9 Å². The van der Waals surface area contributed by atoms with E-state index < -0.39 is 0 Å². The fourth-order valence-corrected chi connectivity index (χ4v) is 1.24. The van der Waals surface area contributed by atoms with Crippen LogP contribution in [0.1, 0.15) is 20.8 Å². The van der Waals surface area contributed by atoms with Crippen molar-refractivity contribution in [2.24, 2.45) is 5.92 Å². The van der Waals surface area contributed by atoms with E-state index in [1.165, 1.54) is 0 Å². The number of allylic oxidation sites excluding steroid dienone is 1. The summed E-state index contributed by atoms with van der Waals surface area (Å²) in [6.07, 6.45) is 1.92. The van der Waals surface area contributed by atoms with Gasteiger partial charge in [-0.2, -0.15) is 0 Å². The quantitative estimate of drug-likeness (QED) is 0.552. The molecule has 0 bridgehead atoms. The van der Waals surface area contributed by atoms with Crippen LogP contribution in [-0.4, -0.2) is 11.9 Å². The van der Waals surface area contributed by atoms with E-state index in [4.69, 9.17) is 4.74 Å². The molecule has 10 heavy (non-hydrogen) atoms. The van der Waals surface area contributed by atoms with E-state index in [1.54, 1.807) is 6.92 Å². The smallest absolute Gasteiger partial charge is 0.140 e. The standard InChI is InChI=1S/C8H12O2/c1-5-4-8(6(2)9)7(3)10-5/h4,7-8H,1-3H3/t7-,8-/m1/s1. The van der Waals surface area contributed by atoms with Gasteiger partial charge in [-0.25, -0.2) is 0 Å². The van der Waals surface area contributed by atoms with Crippen LogP contribution >= 0.6 is 0 Å². The summed E-state index contributed by atoms with van der Waals surface area (Å²) >= 11 is 0. The Morgan fingerprint density at radius 1 is 1.70 bits per heavy atom. The van der Waals surface area contributed by atoms with Crippen LogP contribution < -0.4 is 0 Å². The Hall–Kier alpha value is -0.790. The third kappa shape index (κ3) is 1.20. The van der Waals surface area contributed by atoms with Crippen molar-refractivity contribution in [3.8, 4) is 0 Å². The van der Waals surface area contributed by atoms with Gasteiger partial charge in [0.05, 0.1) is 11.7 Å². The molecule has 2 heteroatoms. The zero-order valence-corrected chi connectivity index (χ0v) is 6.55. The summed E-state index contributed by atoms with van der Waals surface area (Å²) in [4.78, 5) is 10.9. The zero-order chi connectivity index (χ0) is 7.72. The van der Waals surface area contributed by atoms with Crippen molar-refractivity contribution in [1.82, 2.24) is 0 Å². The second kappa shape index (κ2) is 2.45. The van der Waals surface area contributed by atoms with E-state index in [2.05, 4.69) is 0 Å². The summed E-state index contributed by atoms with van der Waals surface area (Å²) in [5.74, 6) is 1.04. The van der Waals surface area contributed by atoms with E-state index in [0.29, 0.717) is 0 Å². The van der Waals surface area contributed by atoms with Gasteiger partial charge in [0.25, 0.3) is 0 Å². The van der Waals surface area contributed by atoms with Gasteiger partial charge in [-0.05, 0) is 26.8 Å². The minimum Gasteiger partial charge on any atom is -0.495 e. The van der Waals surface area contributed by atoms with Gasteiger partial charge in [-0.3, -0.25) is 4.79 Å². The first kappa shape index (κ1) is 7.32. The molecule has 1 heterocycles. The number of Topliss-reactive ketones (excluding diaryl/α,β-unsaturated/α-hetero) is 1. The third-order valence-corrected chi connectivity index (χ3v) is 1.76. The number of rotatable bonds is 1. The van der Waals surface area contributed by atoms with E-state index in [1.807, 2.05) is 19.9 Å². The topological polar surface area (TPSA) is 26.3 Å². The number of ketones is 1. The summed E-state index contributed by atoms with van der Waals surface area (Å²) in [6, 6.07) is 0. The van der Waals surface area contributed by atoms with Gasteiger partial charge < -0.3 is 4.74 Å². The summed E-state index contributed by atoms with van der Waals surface area (Å²) in [7, 11) is 0. The first-order valence-corrected chi connectivity index (χ1v) is 3.47. The molecule has 0 spiro atoms. The Bertz CT molecular complexity index is 182. The lowest BCUT2D eigenvalue weighted by atomic mass is 10.0. The molecule has 0 aromatic carbocycles. The maximum Gasteiger partial charge on any atom is 0.140 e. The fourth-order valence-electron chi connectivity index (χ4n) is 1.24. The Balaban J connectivity index is 2.69. The normalized spacial score (nSPS) is 31.3. The number of hydrogen-bond donors (Lipinski definition) is 0. The maximum absolute atomic E-state index is 10.9. The molecule has 1 aliphatic heterocycles. The van der Waals surface area contributed by atoms with Gasteiger partial charge in [-0.15, -0.1) is 0 Å².